The number of hydrogen-bond donors (Lipinski definition) is 0. The lowest BCUT2D eigenvalue weighted by atomic mass is 9.93. The third kappa shape index (κ3) is 3.64. The quantitative estimate of drug-likeness (QED) is 0.828. The smallest absolute Gasteiger partial charge is 0.225 e. The molecule has 26 heavy (non-hydrogen) atoms. The molecule has 0 spiro atoms. The largest absolute Gasteiger partial charge is 0.342 e. The van der Waals surface area contributed by atoms with Gasteiger partial charge in [0.05, 0.1) is 0 Å². The van der Waals surface area contributed by atoms with E-state index in [1.165, 1.54) is 18.4 Å². The highest BCUT2D eigenvalue weighted by molar-refractivity contribution is 5.79. The van der Waals surface area contributed by atoms with Crippen molar-refractivity contribution in [1.29, 1.82) is 0 Å². The van der Waals surface area contributed by atoms with Gasteiger partial charge in [-0.1, -0.05) is 42.7 Å². The van der Waals surface area contributed by atoms with E-state index in [1.54, 1.807) is 0 Å². The van der Waals surface area contributed by atoms with Crippen LogP contribution in [0.15, 0.2) is 36.5 Å². The standard InChI is InChI=1S/C22H27N3O/c1-16-8-10-17(11-9-16)21-23-13-12-20(24-21)19-7-4-14-25(15-19)22(26)18-5-2-3-6-18/h8-13,18-19H,2-7,14-15H2,1H3/t19-/m0/s1. The van der Waals surface area contributed by atoms with Crippen molar-refractivity contribution in [1.82, 2.24) is 14.9 Å². The second-order valence-electron chi connectivity index (χ2n) is 7.78. The Morgan fingerprint density at radius 1 is 1.04 bits per heavy atom. The van der Waals surface area contributed by atoms with Gasteiger partial charge >= 0.3 is 0 Å². The van der Waals surface area contributed by atoms with Crippen molar-refractivity contribution >= 4 is 5.91 Å². The maximum Gasteiger partial charge on any atom is 0.225 e. The Kier molecular flexibility index (Phi) is 5.00. The van der Waals surface area contributed by atoms with Crippen molar-refractivity contribution in [2.45, 2.75) is 51.4 Å². The predicted molar refractivity (Wildman–Crippen MR) is 103 cm³/mol. The molecule has 0 bridgehead atoms. The Labute approximate surface area is 155 Å². The zero-order valence-electron chi connectivity index (χ0n) is 15.5. The van der Waals surface area contributed by atoms with Crippen LogP contribution in [0.1, 0.15) is 55.7 Å². The molecule has 1 saturated heterocycles. The molecule has 0 radical (unpaired) electrons. The first-order chi connectivity index (χ1) is 12.7. The summed E-state index contributed by atoms with van der Waals surface area (Å²) in [5.41, 5.74) is 3.35. The van der Waals surface area contributed by atoms with Gasteiger partial charge in [-0.3, -0.25) is 4.79 Å². The maximum atomic E-state index is 12.8. The van der Waals surface area contributed by atoms with Gasteiger partial charge in [0, 0.05) is 42.4 Å². The van der Waals surface area contributed by atoms with Gasteiger partial charge in [-0.2, -0.15) is 0 Å². The molecule has 2 aliphatic rings. The molecule has 1 aliphatic carbocycles. The predicted octanol–water partition coefficient (Wildman–Crippen LogP) is 4.35. The fourth-order valence-corrected chi connectivity index (χ4v) is 4.29. The molecule has 1 atom stereocenters. The number of likely N-dealkylation sites (tertiary alicyclic amines) is 1. The molecule has 4 rings (SSSR count). The van der Waals surface area contributed by atoms with Crippen molar-refractivity contribution in [3.63, 3.8) is 0 Å². The van der Waals surface area contributed by atoms with E-state index >= 15 is 0 Å². The number of benzene rings is 1. The molecule has 0 unspecified atom stereocenters. The van der Waals surface area contributed by atoms with Crippen molar-refractivity contribution in [2.75, 3.05) is 13.1 Å². The normalized spacial score (nSPS) is 21.1. The van der Waals surface area contributed by atoms with Crippen LogP contribution in [0.25, 0.3) is 11.4 Å². The Balaban J connectivity index is 1.50. The van der Waals surface area contributed by atoms with E-state index in [-0.39, 0.29) is 5.92 Å². The first-order valence-corrected chi connectivity index (χ1v) is 9.89. The highest BCUT2D eigenvalue weighted by Crippen LogP contribution is 2.31. The average molecular weight is 349 g/mol. The van der Waals surface area contributed by atoms with E-state index in [0.717, 1.165) is 55.9 Å². The van der Waals surface area contributed by atoms with Crippen LogP contribution in [0.2, 0.25) is 0 Å². The first-order valence-electron chi connectivity index (χ1n) is 9.89. The van der Waals surface area contributed by atoms with Crippen LogP contribution in [0.3, 0.4) is 0 Å². The summed E-state index contributed by atoms with van der Waals surface area (Å²) in [6.45, 7) is 3.79. The third-order valence-corrected chi connectivity index (χ3v) is 5.84. The SMILES string of the molecule is Cc1ccc(-c2nccc([C@H]3CCCN(C(=O)C4CCCC4)C3)n2)cc1. The lowest BCUT2D eigenvalue weighted by molar-refractivity contribution is -0.136. The Hall–Kier alpha value is -2.23. The van der Waals surface area contributed by atoms with Gasteiger partial charge in [-0.25, -0.2) is 9.97 Å². The molecule has 1 amide bonds. The fraction of sp³-hybridized carbons (Fsp3) is 0.500. The highest BCUT2D eigenvalue weighted by atomic mass is 16.2. The fourth-order valence-electron chi connectivity index (χ4n) is 4.29. The number of rotatable bonds is 3. The molecule has 136 valence electrons. The second-order valence-corrected chi connectivity index (χ2v) is 7.78. The Bertz CT molecular complexity index is 765. The number of carbonyl (C=O) groups excluding carboxylic acids is 1. The molecular weight excluding hydrogens is 322 g/mol. The van der Waals surface area contributed by atoms with E-state index in [2.05, 4.69) is 41.1 Å². The monoisotopic (exact) mass is 349 g/mol. The first kappa shape index (κ1) is 17.2. The summed E-state index contributed by atoms with van der Waals surface area (Å²) in [6.07, 6.45) is 8.58. The number of nitrogens with zero attached hydrogens (tertiary/aromatic N) is 3. The second kappa shape index (κ2) is 7.56. The van der Waals surface area contributed by atoms with Gasteiger partial charge in [0.2, 0.25) is 5.91 Å². The Morgan fingerprint density at radius 2 is 1.81 bits per heavy atom. The van der Waals surface area contributed by atoms with E-state index in [1.807, 2.05) is 12.3 Å². The van der Waals surface area contributed by atoms with Crippen molar-refractivity contribution in [3.05, 3.63) is 47.8 Å². The molecule has 4 nitrogen and oxygen atoms in total. The minimum absolute atomic E-state index is 0.266. The topological polar surface area (TPSA) is 46.1 Å². The van der Waals surface area contributed by atoms with E-state index < -0.39 is 0 Å². The summed E-state index contributed by atoms with van der Waals surface area (Å²) >= 11 is 0. The van der Waals surface area contributed by atoms with Crippen molar-refractivity contribution in [2.24, 2.45) is 5.92 Å². The van der Waals surface area contributed by atoms with E-state index in [9.17, 15) is 4.79 Å². The molecular formula is C22H27N3O. The third-order valence-electron chi connectivity index (χ3n) is 5.84. The Morgan fingerprint density at radius 3 is 2.58 bits per heavy atom. The average Bonchev–Trinajstić information content (AvgIpc) is 3.23. The molecule has 4 heteroatoms. The zero-order chi connectivity index (χ0) is 17.9. The lowest BCUT2D eigenvalue weighted by Gasteiger charge is -2.34. The van der Waals surface area contributed by atoms with Gasteiger partial charge in [0.25, 0.3) is 0 Å². The number of amides is 1. The van der Waals surface area contributed by atoms with Gasteiger partial charge in [0.15, 0.2) is 5.82 Å². The zero-order valence-corrected chi connectivity index (χ0v) is 15.5. The number of aryl methyl sites for hydroxylation is 1. The molecule has 2 aromatic rings. The van der Waals surface area contributed by atoms with Crippen LogP contribution >= 0.6 is 0 Å². The van der Waals surface area contributed by atoms with Gasteiger partial charge in [0.1, 0.15) is 0 Å². The van der Waals surface area contributed by atoms with Crippen LogP contribution in [0.5, 0.6) is 0 Å². The molecule has 0 N–H and O–H groups in total. The van der Waals surface area contributed by atoms with Crippen LogP contribution in [-0.2, 0) is 4.79 Å². The maximum absolute atomic E-state index is 12.8. The number of hydrogen-bond acceptors (Lipinski definition) is 3. The lowest BCUT2D eigenvalue weighted by Crippen LogP contribution is -2.42. The minimum Gasteiger partial charge on any atom is -0.342 e. The number of aromatic nitrogens is 2. The summed E-state index contributed by atoms with van der Waals surface area (Å²) in [6, 6.07) is 10.4. The molecule has 1 aromatic carbocycles. The molecule has 2 heterocycles. The highest BCUT2D eigenvalue weighted by Gasteiger charge is 2.31. The minimum atomic E-state index is 0.266. The van der Waals surface area contributed by atoms with E-state index in [0.29, 0.717) is 11.8 Å². The van der Waals surface area contributed by atoms with Gasteiger partial charge < -0.3 is 4.90 Å². The number of carbonyl (C=O) groups is 1. The van der Waals surface area contributed by atoms with Gasteiger partial charge in [-0.15, -0.1) is 0 Å². The summed E-state index contributed by atoms with van der Waals surface area (Å²) in [5.74, 6) is 1.74. The van der Waals surface area contributed by atoms with Crippen LogP contribution in [0, 0.1) is 12.8 Å². The summed E-state index contributed by atoms with van der Waals surface area (Å²) in [4.78, 5) is 24.2. The van der Waals surface area contributed by atoms with Crippen molar-refractivity contribution in [3.8, 4) is 11.4 Å². The summed E-state index contributed by atoms with van der Waals surface area (Å²) < 4.78 is 0. The summed E-state index contributed by atoms with van der Waals surface area (Å²) in [7, 11) is 0. The summed E-state index contributed by atoms with van der Waals surface area (Å²) in [5, 5.41) is 0. The number of piperidine rings is 1. The van der Waals surface area contributed by atoms with Crippen LogP contribution < -0.4 is 0 Å². The molecule has 1 aromatic heterocycles. The van der Waals surface area contributed by atoms with Crippen LogP contribution in [0.4, 0.5) is 0 Å². The van der Waals surface area contributed by atoms with Gasteiger partial charge in [-0.05, 0) is 38.7 Å². The molecule has 1 aliphatic heterocycles. The molecule has 1 saturated carbocycles. The van der Waals surface area contributed by atoms with E-state index in [4.69, 9.17) is 4.98 Å². The molecule has 2 fully saturated rings. The van der Waals surface area contributed by atoms with Crippen molar-refractivity contribution < 1.29 is 4.79 Å². The van der Waals surface area contributed by atoms with Crippen LogP contribution in [-0.4, -0.2) is 33.9 Å².